The number of nitrogens with one attached hydrogen (secondary N) is 1. The highest BCUT2D eigenvalue weighted by Gasteiger charge is 2.19. The van der Waals surface area contributed by atoms with E-state index in [-0.39, 0.29) is 0 Å². The number of rotatable bonds is 6. The predicted molar refractivity (Wildman–Crippen MR) is 55.7 cm³/mol. The molecule has 0 spiro atoms. The van der Waals surface area contributed by atoms with Gasteiger partial charge in [-0.2, -0.15) is 0 Å². The fraction of sp³-hybridized carbons (Fsp3) is 0.636. The van der Waals surface area contributed by atoms with Crippen molar-refractivity contribution in [2.75, 3.05) is 6.54 Å². The van der Waals surface area contributed by atoms with E-state index in [9.17, 15) is 0 Å². The van der Waals surface area contributed by atoms with E-state index in [0.717, 1.165) is 24.7 Å². The molecule has 1 saturated carbocycles. The van der Waals surface area contributed by atoms with Gasteiger partial charge >= 0.3 is 0 Å². The second-order valence-corrected chi connectivity index (χ2v) is 3.96. The van der Waals surface area contributed by atoms with Gasteiger partial charge in [0.05, 0.1) is 5.69 Å². The van der Waals surface area contributed by atoms with Crippen molar-refractivity contribution in [2.45, 2.75) is 32.2 Å². The lowest BCUT2D eigenvalue weighted by atomic mass is 10.2. The molecule has 0 radical (unpaired) electrons. The summed E-state index contributed by atoms with van der Waals surface area (Å²) >= 11 is 0. The van der Waals surface area contributed by atoms with Crippen molar-refractivity contribution >= 4 is 0 Å². The van der Waals surface area contributed by atoms with E-state index < -0.39 is 0 Å². The van der Waals surface area contributed by atoms with Gasteiger partial charge in [-0.3, -0.25) is 9.97 Å². The molecular formula is C11H17N3. The van der Waals surface area contributed by atoms with Crippen molar-refractivity contribution in [1.29, 1.82) is 0 Å². The number of nitrogens with zero attached hydrogens (tertiary/aromatic N) is 2. The van der Waals surface area contributed by atoms with Crippen LogP contribution in [0, 0.1) is 5.92 Å². The first-order valence-electron chi connectivity index (χ1n) is 5.41. The molecule has 0 bridgehead atoms. The van der Waals surface area contributed by atoms with Crippen molar-refractivity contribution in [3.8, 4) is 0 Å². The van der Waals surface area contributed by atoms with Gasteiger partial charge in [-0.25, -0.2) is 0 Å². The van der Waals surface area contributed by atoms with Crippen LogP contribution in [0.5, 0.6) is 0 Å². The molecule has 1 aliphatic rings. The van der Waals surface area contributed by atoms with E-state index in [0.29, 0.717) is 0 Å². The van der Waals surface area contributed by atoms with E-state index in [2.05, 4.69) is 15.3 Å². The molecule has 3 nitrogen and oxygen atoms in total. The first kappa shape index (κ1) is 9.59. The van der Waals surface area contributed by atoms with E-state index in [1.165, 1.54) is 25.7 Å². The maximum Gasteiger partial charge on any atom is 0.0724 e. The zero-order chi connectivity index (χ0) is 9.64. The molecule has 1 heterocycles. The van der Waals surface area contributed by atoms with Crippen molar-refractivity contribution in [2.24, 2.45) is 5.92 Å². The molecule has 76 valence electrons. The minimum Gasteiger partial charge on any atom is -0.311 e. The summed E-state index contributed by atoms with van der Waals surface area (Å²) < 4.78 is 0. The normalized spacial score (nSPS) is 15.7. The van der Waals surface area contributed by atoms with Crippen molar-refractivity contribution in [3.05, 3.63) is 24.3 Å². The minimum atomic E-state index is 0.846. The third-order valence-electron chi connectivity index (χ3n) is 2.59. The first-order valence-corrected chi connectivity index (χ1v) is 5.41. The quantitative estimate of drug-likeness (QED) is 0.696. The SMILES string of the molecule is c1cnc(CNCCCC2CC2)cn1. The van der Waals surface area contributed by atoms with Crippen LogP contribution in [0.25, 0.3) is 0 Å². The Morgan fingerprint density at radius 1 is 1.36 bits per heavy atom. The number of aromatic nitrogens is 2. The summed E-state index contributed by atoms with van der Waals surface area (Å²) in [6, 6.07) is 0. The van der Waals surface area contributed by atoms with Crippen LogP contribution in [-0.2, 0) is 6.54 Å². The van der Waals surface area contributed by atoms with Gasteiger partial charge in [0.25, 0.3) is 0 Å². The van der Waals surface area contributed by atoms with Crippen LogP contribution in [0.4, 0.5) is 0 Å². The van der Waals surface area contributed by atoms with E-state index in [1.807, 2.05) is 6.20 Å². The molecule has 1 aromatic heterocycles. The van der Waals surface area contributed by atoms with Crippen molar-refractivity contribution in [1.82, 2.24) is 15.3 Å². The lowest BCUT2D eigenvalue weighted by Crippen LogP contribution is -2.15. The van der Waals surface area contributed by atoms with Gasteiger partial charge in [-0.05, 0) is 25.3 Å². The summed E-state index contributed by atoms with van der Waals surface area (Å²) in [5.41, 5.74) is 1.03. The van der Waals surface area contributed by atoms with Gasteiger partial charge < -0.3 is 5.32 Å². The molecule has 14 heavy (non-hydrogen) atoms. The number of hydrogen-bond acceptors (Lipinski definition) is 3. The van der Waals surface area contributed by atoms with Crippen LogP contribution in [0.3, 0.4) is 0 Å². The summed E-state index contributed by atoms with van der Waals surface area (Å²) in [5.74, 6) is 1.05. The maximum absolute atomic E-state index is 4.20. The van der Waals surface area contributed by atoms with Gasteiger partial charge in [0.15, 0.2) is 0 Å². The van der Waals surface area contributed by atoms with Gasteiger partial charge in [0.2, 0.25) is 0 Å². The fourth-order valence-electron chi connectivity index (χ4n) is 1.56. The summed E-state index contributed by atoms with van der Waals surface area (Å²) in [6.45, 7) is 1.95. The summed E-state index contributed by atoms with van der Waals surface area (Å²) in [5, 5.41) is 3.38. The lowest BCUT2D eigenvalue weighted by molar-refractivity contribution is 0.588. The van der Waals surface area contributed by atoms with Crippen LogP contribution in [0.2, 0.25) is 0 Å². The molecule has 0 atom stereocenters. The summed E-state index contributed by atoms with van der Waals surface area (Å²) in [6.07, 6.45) is 10.9. The average molecular weight is 191 g/mol. The Balaban J connectivity index is 1.54. The summed E-state index contributed by atoms with van der Waals surface area (Å²) in [7, 11) is 0. The topological polar surface area (TPSA) is 37.8 Å². The third kappa shape index (κ3) is 3.42. The molecule has 2 rings (SSSR count). The van der Waals surface area contributed by atoms with Crippen LogP contribution >= 0.6 is 0 Å². The molecule has 3 heteroatoms. The molecule has 1 aromatic rings. The Labute approximate surface area is 85.0 Å². The van der Waals surface area contributed by atoms with E-state index in [1.54, 1.807) is 12.4 Å². The fourth-order valence-corrected chi connectivity index (χ4v) is 1.56. The molecule has 0 unspecified atom stereocenters. The molecule has 0 saturated heterocycles. The number of hydrogen-bond donors (Lipinski definition) is 1. The molecule has 1 N–H and O–H groups in total. The highest BCUT2D eigenvalue weighted by atomic mass is 14.9. The average Bonchev–Trinajstić information content (AvgIpc) is 3.03. The van der Waals surface area contributed by atoms with E-state index >= 15 is 0 Å². The highest BCUT2D eigenvalue weighted by Crippen LogP contribution is 2.33. The molecule has 1 fully saturated rings. The van der Waals surface area contributed by atoms with Gasteiger partial charge in [0.1, 0.15) is 0 Å². The van der Waals surface area contributed by atoms with Gasteiger partial charge in [0, 0.05) is 25.1 Å². The second-order valence-electron chi connectivity index (χ2n) is 3.96. The maximum atomic E-state index is 4.20. The Morgan fingerprint density at radius 2 is 2.29 bits per heavy atom. The predicted octanol–water partition coefficient (Wildman–Crippen LogP) is 1.76. The molecule has 0 aromatic carbocycles. The van der Waals surface area contributed by atoms with Crippen LogP contribution < -0.4 is 5.32 Å². The molecule has 1 aliphatic carbocycles. The zero-order valence-electron chi connectivity index (χ0n) is 8.45. The molecular weight excluding hydrogens is 174 g/mol. The van der Waals surface area contributed by atoms with Crippen molar-refractivity contribution < 1.29 is 0 Å². The Kier molecular flexibility index (Phi) is 3.46. The minimum absolute atomic E-state index is 0.846. The monoisotopic (exact) mass is 191 g/mol. The van der Waals surface area contributed by atoms with Crippen LogP contribution in [0.15, 0.2) is 18.6 Å². The Bertz CT molecular complexity index is 256. The van der Waals surface area contributed by atoms with Crippen molar-refractivity contribution in [3.63, 3.8) is 0 Å². The second kappa shape index (κ2) is 5.05. The zero-order valence-corrected chi connectivity index (χ0v) is 8.45. The summed E-state index contributed by atoms with van der Waals surface area (Å²) in [4.78, 5) is 8.22. The first-order chi connectivity index (χ1) is 6.95. The highest BCUT2D eigenvalue weighted by molar-refractivity contribution is 4.93. The van der Waals surface area contributed by atoms with E-state index in [4.69, 9.17) is 0 Å². The third-order valence-corrected chi connectivity index (χ3v) is 2.59. The smallest absolute Gasteiger partial charge is 0.0724 e. The largest absolute Gasteiger partial charge is 0.311 e. The Morgan fingerprint density at radius 3 is 3.00 bits per heavy atom. The Hall–Kier alpha value is -0.960. The van der Waals surface area contributed by atoms with Gasteiger partial charge in [-0.1, -0.05) is 12.8 Å². The van der Waals surface area contributed by atoms with Crippen LogP contribution in [-0.4, -0.2) is 16.5 Å². The standard InChI is InChI=1S/C11H17N3/c1(2-10-3-4-10)5-12-8-11-9-13-6-7-14-11/h6-7,9-10,12H,1-5,8H2. The lowest BCUT2D eigenvalue weighted by Gasteiger charge is -2.02. The van der Waals surface area contributed by atoms with Gasteiger partial charge in [-0.15, -0.1) is 0 Å². The van der Waals surface area contributed by atoms with Crippen LogP contribution in [0.1, 0.15) is 31.4 Å². The molecule has 0 amide bonds. The molecule has 0 aliphatic heterocycles.